The molecule has 0 spiro atoms. The fraction of sp³-hybridized carbons (Fsp3) is 0.508. The van der Waals surface area contributed by atoms with E-state index in [1.54, 1.807) is 0 Å². The van der Waals surface area contributed by atoms with Crippen LogP contribution in [-0.2, 0) is 43.3 Å². The van der Waals surface area contributed by atoms with Crippen molar-refractivity contribution in [3.05, 3.63) is 122 Å². The maximum Gasteiger partial charge on any atom is 0.252 e. The molecule has 0 bridgehead atoms. The first-order valence-corrected chi connectivity index (χ1v) is 24.8. The zero-order valence-electron chi connectivity index (χ0n) is 43.1. The summed E-state index contributed by atoms with van der Waals surface area (Å²) >= 11 is 0. The van der Waals surface area contributed by atoms with Gasteiger partial charge >= 0.3 is 0 Å². The highest BCUT2D eigenvalue weighted by molar-refractivity contribution is 7.00. The Labute approximate surface area is 387 Å². The Morgan fingerprint density at radius 3 is 0.859 bits per heavy atom. The van der Waals surface area contributed by atoms with Gasteiger partial charge in [-0.1, -0.05) is 135 Å². The van der Waals surface area contributed by atoms with Crippen LogP contribution in [-0.4, -0.2) is 6.71 Å². The van der Waals surface area contributed by atoms with Gasteiger partial charge in [-0.25, -0.2) is 0 Å². The van der Waals surface area contributed by atoms with Crippen LogP contribution in [0.4, 0.5) is 34.1 Å². The highest BCUT2D eigenvalue weighted by Gasteiger charge is 2.52. The fourth-order valence-corrected chi connectivity index (χ4v) is 16.3. The van der Waals surface area contributed by atoms with Gasteiger partial charge in [0.15, 0.2) is 0 Å². The van der Waals surface area contributed by atoms with Gasteiger partial charge in [0.2, 0.25) is 0 Å². The van der Waals surface area contributed by atoms with Crippen molar-refractivity contribution >= 4 is 57.2 Å². The Morgan fingerprint density at radius 2 is 0.562 bits per heavy atom. The minimum Gasteiger partial charge on any atom is -0.311 e. The van der Waals surface area contributed by atoms with Crippen molar-refractivity contribution in [3.63, 3.8) is 0 Å². The molecule has 2 aliphatic heterocycles. The van der Waals surface area contributed by atoms with Gasteiger partial charge in [0.05, 0.1) is 0 Å². The van der Waals surface area contributed by atoms with Gasteiger partial charge in [0.25, 0.3) is 6.71 Å². The number of nitrogens with zero attached hydrogens (tertiary/aromatic N) is 2. The van der Waals surface area contributed by atoms with Crippen molar-refractivity contribution in [1.82, 2.24) is 0 Å². The molecule has 0 saturated heterocycles. The lowest BCUT2D eigenvalue weighted by Gasteiger charge is -2.46. The molecule has 0 radical (unpaired) electrons. The number of benzene rings is 5. The first-order chi connectivity index (χ1) is 29.4. The second kappa shape index (κ2) is 12.2. The van der Waals surface area contributed by atoms with E-state index in [2.05, 4.69) is 202 Å². The second-order valence-corrected chi connectivity index (χ2v) is 27.4. The van der Waals surface area contributed by atoms with Crippen molar-refractivity contribution in [3.8, 4) is 0 Å². The van der Waals surface area contributed by atoms with Crippen LogP contribution in [0.15, 0.2) is 60.7 Å². The van der Waals surface area contributed by atoms with E-state index in [1.807, 2.05) is 0 Å². The van der Waals surface area contributed by atoms with Crippen LogP contribution in [0.25, 0.3) is 0 Å². The molecule has 332 valence electrons. The Balaban J connectivity index is 1.28. The van der Waals surface area contributed by atoms with Crippen LogP contribution in [0.3, 0.4) is 0 Å². The number of fused-ring (bicyclic) bond motifs is 8. The van der Waals surface area contributed by atoms with Crippen molar-refractivity contribution < 1.29 is 0 Å². The molecule has 5 aromatic carbocycles. The highest BCUT2D eigenvalue weighted by atomic mass is 15.2. The summed E-state index contributed by atoms with van der Waals surface area (Å²) in [6.45, 7) is 46.9. The van der Waals surface area contributed by atoms with Crippen LogP contribution in [0, 0.1) is 20.8 Å². The average Bonchev–Trinajstić information content (AvgIpc) is 3.62. The number of aryl methyl sites for hydroxylation is 3. The zero-order valence-corrected chi connectivity index (χ0v) is 43.1. The standard InChI is InChI=1S/C61H75BN2/c1-34-20-51-53-52(21-34)64(48-27-42-38(23-36(48)3)55(6,7)31-59(42,14)15)50-29-44-40(57(10,11)33-61(44,18)19)25-46(50)62(53)45-24-39-43(60(16,17)32-56(39,8)9)28-49(45)63(51)47-26-41-37(22-35(47)2)54(4,5)30-58(41,12)13/h20-29H,30-33H2,1-19H3. The highest BCUT2D eigenvalue weighted by Crippen LogP contribution is 2.58. The number of hydrogen-bond donors (Lipinski definition) is 0. The van der Waals surface area contributed by atoms with Crippen molar-refractivity contribution in [2.24, 2.45) is 0 Å². The lowest BCUT2D eigenvalue weighted by molar-refractivity contribution is 0.402. The summed E-state index contributed by atoms with van der Waals surface area (Å²) < 4.78 is 0. The van der Waals surface area contributed by atoms with Gasteiger partial charge in [0.1, 0.15) is 0 Å². The van der Waals surface area contributed by atoms with E-state index >= 15 is 0 Å². The minimum atomic E-state index is 0.0711. The van der Waals surface area contributed by atoms with E-state index in [-0.39, 0.29) is 50.0 Å². The molecule has 6 aliphatic rings. The van der Waals surface area contributed by atoms with Gasteiger partial charge in [0, 0.05) is 34.1 Å². The molecule has 11 rings (SSSR count). The SMILES string of the molecule is Cc1cc2c3c(c1)N(c1cc4c(cc1C)C(C)(C)CC4(C)C)c1cc4c(cc1B3c1cc3c(cc1N2c1cc2c(cc1C)C(C)(C)CC2(C)C)C(C)(C)CC3(C)C)C(C)(C)CC4(C)C. The van der Waals surface area contributed by atoms with Crippen LogP contribution < -0.4 is 26.2 Å². The molecular weight excluding hydrogens is 771 g/mol. The Hall–Kier alpha value is -4.24. The lowest BCUT2D eigenvalue weighted by atomic mass is 9.33. The first kappa shape index (κ1) is 42.4. The van der Waals surface area contributed by atoms with Crippen molar-refractivity contribution in [2.75, 3.05) is 9.80 Å². The Morgan fingerprint density at radius 1 is 0.312 bits per heavy atom. The Bertz CT molecular complexity index is 2750. The van der Waals surface area contributed by atoms with E-state index < -0.39 is 0 Å². The van der Waals surface area contributed by atoms with E-state index in [1.165, 1.54) is 112 Å². The summed E-state index contributed by atoms with van der Waals surface area (Å²) in [5.41, 5.74) is 29.4. The van der Waals surface area contributed by atoms with Gasteiger partial charge in [-0.3, -0.25) is 0 Å². The van der Waals surface area contributed by atoms with E-state index in [4.69, 9.17) is 0 Å². The molecule has 0 atom stereocenters. The van der Waals surface area contributed by atoms with Gasteiger partial charge in [-0.05, 0) is 204 Å². The van der Waals surface area contributed by atoms with Crippen LogP contribution in [0.5, 0.6) is 0 Å². The second-order valence-electron chi connectivity index (χ2n) is 27.4. The molecule has 2 heterocycles. The topological polar surface area (TPSA) is 6.48 Å². The number of anilines is 6. The number of hydrogen-bond acceptors (Lipinski definition) is 2. The van der Waals surface area contributed by atoms with Crippen LogP contribution in [0.1, 0.15) is 198 Å². The van der Waals surface area contributed by atoms with Crippen LogP contribution >= 0.6 is 0 Å². The van der Waals surface area contributed by atoms with Gasteiger partial charge in [-0.2, -0.15) is 0 Å². The quantitative estimate of drug-likeness (QED) is 0.160. The summed E-state index contributed by atoms with van der Waals surface area (Å²) in [5, 5.41) is 0. The van der Waals surface area contributed by atoms with Crippen LogP contribution in [0.2, 0.25) is 0 Å². The monoisotopic (exact) mass is 847 g/mol. The number of rotatable bonds is 2. The molecule has 3 heteroatoms. The molecule has 0 N–H and O–H groups in total. The third-order valence-electron chi connectivity index (χ3n) is 18.0. The van der Waals surface area contributed by atoms with Gasteiger partial charge in [-0.15, -0.1) is 0 Å². The molecule has 4 aliphatic carbocycles. The fourth-order valence-electron chi connectivity index (χ4n) is 16.3. The molecule has 0 unspecified atom stereocenters. The summed E-state index contributed by atoms with van der Waals surface area (Å²) in [5.74, 6) is 0. The minimum absolute atomic E-state index is 0.0711. The van der Waals surface area contributed by atoms with E-state index in [9.17, 15) is 0 Å². The average molecular weight is 847 g/mol. The summed E-state index contributed by atoms with van der Waals surface area (Å²) in [6, 6.07) is 26.3. The predicted octanol–water partition coefficient (Wildman–Crippen LogP) is 14.5. The summed E-state index contributed by atoms with van der Waals surface area (Å²) in [6.07, 6.45) is 4.61. The summed E-state index contributed by atoms with van der Waals surface area (Å²) in [4.78, 5) is 5.50. The maximum absolute atomic E-state index is 2.75. The smallest absolute Gasteiger partial charge is 0.252 e. The molecule has 2 nitrogen and oxygen atoms in total. The van der Waals surface area contributed by atoms with E-state index in [0.29, 0.717) is 0 Å². The molecular formula is C61H75BN2. The molecule has 0 fully saturated rings. The third-order valence-corrected chi connectivity index (χ3v) is 18.0. The summed E-state index contributed by atoms with van der Waals surface area (Å²) in [7, 11) is 0. The Kier molecular flexibility index (Phi) is 8.08. The van der Waals surface area contributed by atoms with Crippen molar-refractivity contribution in [1.29, 1.82) is 0 Å². The lowest BCUT2D eigenvalue weighted by Crippen LogP contribution is -2.62. The molecule has 0 saturated carbocycles. The maximum atomic E-state index is 2.75. The normalized spacial score (nSPS) is 23.0. The van der Waals surface area contributed by atoms with Crippen molar-refractivity contribution in [2.45, 2.75) is 201 Å². The molecule has 64 heavy (non-hydrogen) atoms. The zero-order chi connectivity index (χ0) is 46.2. The first-order valence-electron chi connectivity index (χ1n) is 24.8. The van der Waals surface area contributed by atoms with Gasteiger partial charge < -0.3 is 9.80 Å². The molecule has 5 aromatic rings. The molecule has 0 amide bonds. The third kappa shape index (κ3) is 5.51. The van der Waals surface area contributed by atoms with E-state index in [0.717, 1.165) is 25.7 Å². The predicted molar refractivity (Wildman–Crippen MR) is 277 cm³/mol. The largest absolute Gasteiger partial charge is 0.311 e. The molecule has 0 aromatic heterocycles.